The maximum absolute atomic E-state index is 12.8. The molecule has 1 N–H and O–H groups in total. The van der Waals surface area contributed by atoms with Crippen molar-refractivity contribution in [1.82, 2.24) is 9.62 Å². The van der Waals surface area contributed by atoms with Crippen molar-refractivity contribution in [1.29, 1.82) is 0 Å². The number of halogens is 3. The van der Waals surface area contributed by atoms with E-state index in [1.165, 1.54) is 16.4 Å². The molecule has 0 aromatic heterocycles. The maximum Gasteiger partial charge on any atom is 0.246 e. The van der Waals surface area contributed by atoms with Crippen LogP contribution in [0.1, 0.15) is 19.3 Å². The van der Waals surface area contributed by atoms with Crippen molar-refractivity contribution in [3.8, 4) is 0 Å². The SMILES string of the molecule is CN(C1CCCNCC1)S(=O)(=O)c1c(Cl)cc(Cl)cc1Cl. The molecule has 0 bridgehead atoms. The van der Waals surface area contributed by atoms with Crippen molar-refractivity contribution in [3.63, 3.8) is 0 Å². The molecule has 1 unspecified atom stereocenters. The summed E-state index contributed by atoms with van der Waals surface area (Å²) in [6.07, 6.45) is 2.51. The Hall–Kier alpha value is -0.0400. The molecule has 1 aliphatic rings. The summed E-state index contributed by atoms with van der Waals surface area (Å²) in [5, 5.41) is 3.67. The summed E-state index contributed by atoms with van der Waals surface area (Å²) in [5.41, 5.74) is 0. The lowest BCUT2D eigenvalue weighted by Gasteiger charge is -2.27. The highest BCUT2D eigenvalue weighted by Gasteiger charge is 2.32. The van der Waals surface area contributed by atoms with Crippen LogP contribution in [0, 0.1) is 0 Å². The third kappa shape index (κ3) is 3.84. The van der Waals surface area contributed by atoms with Gasteiger partial charge in [-0.25, -0.2) is 8.42 Å². The van der Waals surface area contributed by atoms with Crippen molar-refractivity contribution >= 4 is 44.8 Å². The van der Waals surface area contributed by atoms with E-state index >= 15 is 0 Å². The Labute approximate surface area is 140 Å². The molecule has 4 nitrogen and oxygen atoms in total. The highest BCUT2D eigenvalue weighted by atomic mass is 35.5. The van der Waals surface area contributed by atoms with Gasteiger partial charge < -0.3 is 5.32 Å². The lowest BCUT2D eigenvalue weighted by Crippen LogP contribution is -2.37. The fourth-order valence-electron chi connectivity index (χ4n) is 2.48. The molecule has 1 fully saturated rings. The molecule has 0 aliphatic carbocycles. The van der Waals surface area contributed by atoms with Crippen LogP contribution in [0.5, 0.6) is 0 Å². The minimum absolute atomic E-state index is 0.0473. The monoisotopic (exact) mass is 370 g/mol. The zero-order chi connectivity index (χ0) is 15.6. The Bertz CT molecular complexity index is 591. The molecule has 1 aliphatic heterocycles. The van der Waals surface area contributed by atoms with Crippen molar-refractivity contribution in [2.24, 2.45) is 0 Å². The smallest absolute Gasteiger partial charge is 0.246 e. The van der Waals surface area contributed by atoms with E-state index in [9.17, 15) is 8.42 Å². The first kappa shape index (κ1) is 17.3. The van der Waals surface area contributed by atoms with Crippen LogP contribution < -0.4 is 5.32 Å². The number of hydrogen-bond donors (Lipinski definition) is 1. The van der Waals surface area contributed by atoms with Gasteiger partial charge in [0, 0.05) is 18.1 Å². The van der Waals surface area contributed by atoms with E-state index < -0.39 is 10.0 Å². The zero-order valence-corrected chi connectivity index (χ0v) is 14.7. The molecule has 0 spiro atoms. The van der Waals surface area contributed by atoms with Crippen LogP contribution in [0.3, 0.4) is 0 Å². The molecule has 0 saturated carbocycles. The molecule has 1 aromatic rings. The summed E-state index contributed by atoms with van der Waals surface area (Å²) in [6, 6.07) is 2.72. The fraction of sp³-hybridized carbons (Fsp3) is 0.538. The van der Waals surface area contributed by atoms with Gasteiger partial charge in [-0.3, -0.25) is 0 Å². The van der Waals surface area contributed by atoms with Gasteiger partial charge >= 0.3 is 0 Å². The standard InChI is InChI=1S/C13H17Cl3N2O2S/c1-18(10-3-2-5-17-6-4-10)21(19,20)13-11(15)7-9(14)8-12(13)16/h7-8,10,17H,2-6H2,1H3. The number of rotatable bonds is 3. The van der Waals surface area contributed by atoms with Gasteiger partial charge in [0.25, 0.3) is 0 Å². The molecule has 1 heterocycles. The van der Waals surface area contributed by atoms with Gasteiger partial charge in [-0.05, 0) is 44.5 Å². The summed E-state index contributed by atoms with van der Waals surface area (Å²) in [4.78, 5) is -0.0741. The molecule has 0 amide bonds. The summed E-state index contributed by atoms with van der Waals surface area (Å²) >= 11 is 17.9. The summed E-state index contributed by atoms with van der Waals surface area (Å²) in [5.74, 6) is 0. The third-order valence-electron chi connectivity index (χ3n) is 3.66. The minimum atomic E-state index is -3.75. The molecular weight excluding hydrogens is 355 g/mol. The van der Waals surface area contributed by atoms with Gasteiger partial charge in [0.05, 0.1) is 10.0 Å². The first-order valence-electron chi connectivity index (χ1n) is 6.67. The quantitative estimate of drug-likeness (QED) is 0.886. The van der Waals surface area contributed by atoms with Crippen LogP contribution in [-0.2, 0) is 10.0 Å². The van der Waals surface area contributed by atoms with Gasteiger partial charge in [-0.2, -0.15) is 4.31 Å². The second kappa shape index (κ2) is 7.02. The second-order valence-electron chi connectivity index (χ2n) is 5.05. The summed E-state index contributed by atoms with van der Waals surface area (Å²) in [6.45, 7) is 1.71. The predicted molar refractivity (Wildman–Crippen MR) is 86.9 cm³/mol. The Morgan fingerprint density at radius 2 is 1.76 bits per heavy atom. The van der Waals surface area contributed by atoms with Crippen LogP contribution >= 0.6 is 34.8 Å². The van der Waals surface area contributed by atoms with E-state index in [0.29, 0.717) is 5.02 Å². The van der Waals surface area contributed by atoms with E-state index in [-0.39, 0.29) is 21.0 Å². The topological polar surface area (TPSA) is 49.4 Å². The molecule has 21 heavy (non-hydrogen) atoms. The molecule has 1 saturated heterocycles. The van der Waals surface area contributed by atoms with E-state index in [4.69, 9.17) is 34.8 Å². The average molecular weight is 372 g/mol. The fourth-order valence-corrected chi connectivity index (χ4v) is 5.38. The Balaban J connectivity index is 2.37. The highest BCUT2D eigenvalue weighted by molar-refractivity contribution is 7.89. The number of sulfonamides is 1. The molecule has 1 aromatic carbocycles. The zero-order valence-electron chi connectivity index (χ0n) is 11.6. The molecule has 118 valence electrons. The molecule has 0 radical (unpaired) electrons. The van der Waals surface area contributed by atoms with Crippen molar-refractivity contribution in [3.05, 3.63) is 27.2 Å². The molecule has 8 heteroatoms. The van der Waals surface area contributed by atoms with Gasteiger partial charge in [0.2, 0.25) is 10.0 Å². The number of nitrogens with zero attached hydrogens (tertiary/aromatic N) is 1. The van der Waals surface area contributed by atoms with Gasteiger partial charge in [0.15, 0.2) is 0 Å². The van der Waals surface area contributed by atoms with Crippen LogP contribution in [-0.4, -0.2) is 38.9 Å². The van der Waals surface area contributed by atoms with Gasteiger partial charge in [-0.1, -0.05) is 34.8 Å². The maximum atomic E-state index is 12.8. The van der Waals surface area contributed by atoms with E-state index in [1.54, 1.807) is 7.05 Å². The lowest BCUT2D eigenvalue weighted by molar-refractivity contribution is 0.341. The van der Waals surface area contributed by atoms with Crippen molar-refractivity contribution in [2.45, 2.75) is 30.2 Å². The summed E-state index contributed by atoms with van der Waals surface area (Å²) in [7, 11) is -2.17. The van der Waals surface area contributed by atoms with Crippen LogP contribution in [0.4, 0.5) is 0 Å². The Morgan fingerprint density at radius 3 is 2.38 bits per heavy atom. The lowest BCUT2D eigenvalue weighted by atomic mass is 10.1. The molecular formula is C13H17Cl3N2O2S. The highest BCUT2D eigenvalue weighted by Crippen LogP contribution is 2.35. The Kier molecular flexibility index (Phi) is 5.79. The summed E-state index contributed by atoms with van der Waals surface area (Å²) < 4.78 is 27.0. The van der Waals surface area contributed by atoms with Crippen molar-refractivity contribution in [2.75, 3.05) is 20.1 Å². The first-order valence-corrected chi connectivity index (χ1v) is 9.24. The number of benzene rings is 1. The normalized spacial score (nSPS) is 20.5. The van der Waals surface area contributed by atoms with E-state index in [2.05, 4.69) is 5.32 Å². The molecule has 2 rings (SSSR count). The van der Waals surface area contributed by atoms with Crippen LogP contribution in [0.15, 0.2) is 17.0 Å². The third-order valence-corrected chi connectivity index (χ3v) is 6.71. The van der Waals surface area contributed by atoms with Crippen molar-refractivity contribution < 1.29 is 8.42 Å². The van der Waals surface area contributed by atoms with Crippen LogP contribution in [0.2, 0.25) is 15.1 Å². The first-order chi connectivity index (χ1) is 9.84. The second-order valence-corrected chi connectivity index (χ2v) is 8.24. The average Bonchev–Trinajstić information content (AvgIpc) is 2.64. The largest absolute Gasteiger partial charge is 0.317 e. The van der Waals surface area contributed by atoms with Gasteiger partial charge in [0.1, 0.15) is 4.90 Å². The van der Waals surface area contributed by atoms with E-state index in [0.717, 1.165) is 32.4 Å². The van der Waals surface area contributed by atoms with Gasteiger partial charge in [-0.15, -0.1) is 0 Å². The number of hydrogen-bond acceptors (Lipinski definition) is 3. The number of nitrogens with one attached hydrogen (secondary N) is 1. The van der Waals surface area contributed by atoms with Crippen LogP contribution in [0.25, 0.3) is 0 Å². The van der Waals surface area contributed by atoms with E-state index in [1.807, 2.05) is 0 Å². The minimum Gasteiger partial charge on any atom is -0.317 e. The Morgan fingerprint density at radius 1 is 1.14 bits per heavy atom. The predicted octanol–water partition coefficient (Wildman–Crippen LogP) is 3.41. The molecule has 1 atom stereocenters.